The molecule has 4 atom stereocenters. The Morgan fingerprint density at radius 2 is 1.90 bits per heavy atom. The van der Waals surface area contributed by atoms with Crippen LogP contribution in [0, 0.1) is 17.8 Å². The lowest BCUT2D eigenvalue weighted by molar-refractivity contribution is -0.159. The summed E-state index contributed by atoms with van der Waals surface area (Å²) in [5.74, 6) is 1.67. The van der Waals surface area contributed by atoms with Crippen LogP contribution in [0.25, 0.3) is 0 Å². The number of hydrogen-bond donors (Lipinski definition) is 2. The van der Waals surface area contributed by atoms with Crippen molar-refractivity contribution in [1.82, 2.24) is 10.6 Å². The van der Waals surface area contributed by atoms with Gasteiger partial charge in [0.15, 0.2) is 0 Å². The number of halogens is 2. The summed E-state index contributed by atoms with van der Waals surface area (Å²) in [5, 5.41) is 6.46. The molecule has 0 bridgehead atoms. The van der Waals surface area contributed by atoms with Gasteiger partial charge < -0.3 is 15.4 Å². The fraction of sp³-hybridized carbons (Fsp3) is 0.933. The van der Waals surface area contributed by atoms with Gasteiger partial charge in [-0.25, -0.2) is 0 Å². The molecular formula is C15H30Cl2N2O2. The Hall–Kier alpha value is -0.0300. The lowest BCUT2D eigenvalue weighted by atomic mass is 9.72. The third-order valence-corrected chi connectivity index (χ3v) is 4.60. The molecule has 126 valence electrons. The molecule has 4 nitrogen and oxygen atoms in total. The quantitative estimate of drug-likeness (QED) is 0.774. The van der Waals surface area contributed by atoms with Crippen molar-refractivity contribution in [3.63, 3.8) is 0 Å². The fourth-order valence-electron chi connectivity index (χ4n) is 3.67. The average Bonchev–Trinajstić information content (AvgIpc) is 2.39. The van der Waals surface area contributed by atoms with Crippen LogP contribution in [-0.2, 0) is 9.53 Å². The minimum Gasteiger partial charge on any atom is -0.461 e. The molecule has 1 saturated carbocycles. The third-order valence-electron chi connectivity index (χ3n) is 4.60. The van der Waals surface area contributed by atoms with Crippen LogP contribution in [0.15, 0.2) is 0 Å². The van der Waals surface area contributed by atoms with Gasteiger partial charge in [0.05, 0.1) is 0 Å². The highest BCUT2D eigenvalue weighted by Gasteiger charge is 2.36. The van der Waals surface area contributed by atoms with Gasteiger partial charge in [-0.15, -0.1) is 24.8 Å². The second-order valence-corrected chi connectivity index (χ2v) is 6.42. The second-order valence-electron chi connectivity index (χ2n) is 6.42. The van der Waals surface area contributed by atoms with Crippen LogP contribution in [0.1, 0.15) is 40.0 Å². The predicted molar refractivity (Wildman–Crippen MR) is 90.4 cm³/mol. The van der Waals surface area contributed by atoms with Crippen molar-refractivity contribution in [2.45, 2.75) is 52.2 Å². The zero-order valence-electron chi connectivity index (χ0n) is 13.3. The first-order valence-corrected chi connectivity index (χ1v) is 7.74. The average molecular weight is 341 g/mol. The molecule has 21 heavy (non-hydrogen) atoms. The summed E-state index contributed by atoms with van der Waals surface area (Å²) in [6, 6.07) is -0.168. The molecule has 1 heterocycles. The lowest BCUT2D eigenvalue weighted by Gasteiger charge is -2.39. The molecule has 4 unspecified atom stereocenters. The van der Waals surface area contributed by atoms with Crippen molar-refractivity contribution < 1.29 is 9.53 Å². The summed E-state index contributed by atoms with van der Waals surface area (Å²) in [7, 11) is 0. The van der Waals surface area contributed by atoms with Gasteiger partial charge in [0, 0.05) is 25.6 Å². The topological polar surface area (TPSA) is 50.4 Å². The smallest absolute Gasteiger partial charge is 0.324 e. The molecule has 2 aliphatic rings. The Kier molecular flexibility index (Phi) is 9.87. The van der Waals surface area contributed by atoms with E-state index < -0.39 is 0 Å². The van der Waals surface area contributed by atoms with Crippen LogP contribution in [0.5, 0.6) is 0 Å². The minimum absolute atomic E-state index is 0. The molecule has 0 aromatic rings. The van der Waals surface area contributed by atoms with Crippen LogP contribution in [0.4, 0.5) is 0 Å². The molecule has 0 aromatic carbocycles. The summed E-state index contributed by atoms with van der Waals surface area (Å²) in [6.45, 7) is 9.24. The molecule has 1 aliphatic heterocycles. The molecular weight excluding hydrogens is 311 g/mol. The summed E-state index contributed by atoms with van der Waals surface area (Å²) in [5.41, 5.74) is 0. The Bertz CT molecular complexity index is 310. The largest absolute Gasteiger partial charge is 0.461 e. The summed E-state index contributed by atoms with van der Waals surface area (Å²) in [4.78, 5) is 12.2. The van der Waals surface area contributed by atoms with E-state index in [0.717, 1.165) is 19.5 Å². The number of rotatable bonds is 3. The summed E-state index contributed by atoms with van der Waals surface area (Å²) in [6.07, 6.45) is 3.58. The van der Waals surface area contributed by atoms with Crippen molar-refractivity contribution >= 4 is 30.8 Å². The number of hydrogen-bond acceptors (Lipinski definition) is 4. The van der Waals surface area contributed by atoms with E-state index in [1.165, 1.54) is 12.8 Å². The van der Waals surface area contributed by atoms with E-state index in [2.05, 4.69) is 31.4 Å². The normalized spacial score (nSPS) is 32.8. The molecule has 6 heteroatoms. The van der Waals surface area contributed by atoms with E-state index in [9.17, 15) is 4.79 Å². The van der Waals surface area contributed by atoms with E-state index in [1.807, 2.05) is 0 Å². The van der Waals surface area contributed by atoms with Gasteiger partial charge in [-0.1, -0.05) is 27.2 Å². The van der Waals surface area contributed by atoms with E-state index in [4.69, 9.17) is 4.74 Å². The zero-order valence-corrected chi connectivity index (χ0v) is 14.9. The monoisotopic (exact) mass is 340 g/mol. The van der Waals surface area contributed by atoms with Gasteiger partial charge in [0.2, 0.25) is 0 Å². The van der Waals surface area contributed by atoms with Crippen LogP contribution in [0.2, 0.25) is 0 Å². The highest BCUT2D eigenvalue weighted by molar-refractivity contribution is 5.85. The number of nitrogens with one attached hydrogen (secondary N) is 2. The zero-order chi connectivity index (χ0) is 13.8. The first-order chi connectivity index (χ1) is 9.09. The van der Waals surface area contributed by atoms with Gasteiger partial charge in [-0.2, -0.15) is 0 Å². The van der Waals surface area contributed by atoms with E-state index >= 15 is 0 Å². The number of piperazine rings is 1. The maximum absolute atomic E-state index is 12.2. The van der Waals surface area contributed by atoms with E-state index in [-0.39, 0.29) is 42.9 Å². The summed E-state index contributed by atoms with van der Waals surface area (Å²) < 4.78 is 5.83. The molecule has 1 aliphatic carbocycles. The molecule has 1 saturated heterocycles. The highest BCUT2D eigenvalue weighted by atomic mass is 35.5. The molecule has 2 fully saturated rings. The van der Waals surface area contributed by atoms with Crippen LogP contribution >= 0.6 is 24.8 Å². The third kappa shape index (κ3) is 5.59. The van der Waals surface area contributed by atoms with Gasteiger partial charge >= 0.3 is 5.97 Å². The van der Waals surface area contributed by atoms with E-state index in [0.29, 0.717) is 24.3 Å². The van der Waals surface area contributed by atoms with Crippen molar-refractivity contribution in [3.8, 4) is 0 Å². The van der Waals surface area contributed by atoms with Crippen LogP contribution in [-0.4, -0.2) is 37.7 Å². The van der Waals surface area contributed by atoms with Gasteiger partial charge in [-0.3, -0.25) is 4.79 Å². The second kappa shape index (κ2) is 9.88. The SMILES string of the molecule is CC(C)C1C(C)CCCC1OC(=O)C1CNCCN1.Cl.Cl. The van der Waals surface area contributed by atoms with Gasteiger partial charge in [-0.05, 0) is 24.7 Å². The number of ether oxygens (including phenoxy) is 1. The van der Waals surface area contributed by atoms with Crippen LogP contribution < -0.4 is 10.6 Å². The minimum atomic E-state index is -0.168. The molecule has 0 aromatic heterocycles. The van der Waals surface area contributed by atoms with Crippen molar-refractivity contribution in [1.29, 1.82) is 0 Å². The summed E-state index contributed by atoms with van der Waals surface area (Å²) >= 11 is 0. The maximum Gasteiger partial charge on any atom is 0.324 e. The Labute approximate surface area is 141 Å². The maximum atomic E-state index is 12.2. The van der Waals surface area contributed by atoms with Crippen molar-refractivity contribution in [2.75, 3.05) is 19.6 Å². The molecule has 2 rings (SSSR count). The molecule has 2 N–H and O–H groups in total. The van der Waals surface area contributed by atoms with Crippen molar-refractivity contribution in [3.05, 3.63) is 0 Å². The fourth-order valence-corrected chi connectivity index (χ4v) is 3.67. The highest BCUT2D eigenvalue weighted by Crippen LogP contribution is 2.36. The molecule has 0 spiro atoms. The lowest BCUT2D eigenvalue weighted by Crippen LogP contribution is -2.54. The number of esters is 1. The first kappa shape index (κ1) is 21.0. The molecule has 0 amide bonds. The van der Waals surface area contributed by atoms with Gasteiger partial charge in [0.1, 0.15) is 12.1 Å². The molecule has 0 radical (unpaired) electrons. The Morgan fingerprint density at radius 3 is 2.48 bits per heavy atom. The van der Waals surface area contributed by atoms with Gasteiger partial charge in [0.25, 0.3) is 0 Å². The first-order valence-electron chi connectivity index (χ1n) is 7.74. The van der Waals surface area contributed by atoms with Crippen LogP contribution in [0.3, 0.4) is 0 Å². The van der Waals surface area contributed by atoms with E-state index in [1.54, 1.807) is 0 Å². The predicted octanol–water partition coefficient (Wildman–Crippen LogP) is 2.40. The standard InChI is InChI=1S/C15H28N2O2.2ClH/c1-10(2)14-11(3)5-4-6-13(14)19-15(18)12-9-16-7-8-17-12;;/h10-14,16-17H,4-9H2,1-3H3;2*1H. The number of carbonyl (C=O) groups is 1. The van der Waals surface area contributed by atoms with Crippen molar-refractivity contribution in [2.24, 2.45) is 17.8 Å². The Balaban J connectivity index is 0.00000200. The Morgan fingerprint density at radius 1 is 1.19 bits per heavy atom. The number of carbonyl (C=O) groups excluding carboxylic acids is 1.